The molecule has 2 aromatic heterocycles. The maximum absolute atomic E-state index is 13.5. The Balaban J connectivity index is 1.91. The molecular weight excluding hydrogens is 371 g/mol. The summed E-state index contributed by atoms with van der Waals surface area (Å²) in [6, 6.07) is 7.83. The first-order valence-electron chi connectivity index (χ1n) is 7.86. The first-order chi connectivity index (χ1) is 12.4. The maximum atomic E-state index is 13.5. The molecular formula is C16H13ClF3N5O. The summed E-state index contributed by atoms with van der Waals surface area (Å²) in [5.41, 5.74) is 0.464. The molecule has 3 aromatic rings. The Labute approximate surface area is 151 Å². The van der Waals surface area contributed by atoms with E-state index in [4.69, 9.17) is 16.3 Å². The molecule has 0 radical (unpaired) electrons. The number of fused-ring (bicyclic) bond motifs is 1. The average molecular weight is 384 g/mol. The van der Waals surface area contributed by atoms with Crippen LogP contribution in [0.3, 0.4) is 0 Å². The Morgan fingerprint density at radius 1 is 1.04 bits per heavy atom. The molecule has 0 atom stereocenters. The Morgan fingerprint density at radius 2 is 1.77 bits per heavy atom. The van der Waals surface area contributed by atoms with E-state index in [1.807, 2.05) is 4.90 Å². The normalized spacial score (nSPS) is 15.6. The first kappa shape index (κ1) is 17.0. The second-order valence-electron chi connectivity index (χ2n) is 5.71. The molecule has 0 aliphatic carbocycles. The van der Waals surface area contributed by atoms with Crippen molar-refractivity contribution in [3.63, 3.8) is 0 Å². The summed E-state index contributed by atoms with van der Waals surface area (Å²) in [6.45, 7) is 2.17. The Hall–Kier alpha value is -2.39. The van der Waals surface area contributed by atoms with Crippen molar-refractivity contribution < 1.29 is 17.9 Å². The van der Waals surface area contributed by atoms with E-state index in [-0.39, 0.29) is 22.1 Å². The van der Waals surface area contributed by atoms with Gasteiger partial charge in [-0.3, -0.25) is 4.57 Å². The second kappa shape index (κ2) is 6.40. The maximum Gasteiger partial charge on any atom is 0.450 e. The smallest absolute Gasteiger partial charge is 0.378 e. The lowest BCUT2D eigenvalue weighted by atomic mass is 10.3. The zero-order valence-corrected chi connectivity index (χ0v) is 14.1. The number of rotatable bonds is 2. The highest BCUT2D eigenvalue weighted by molar-refractivity contribution is 6.29. The number of morpholine rings is 1. The molecule has 10 heteroatoms. The van der Waals surface area contributed by atoms with Gasteiger partial charge in [-0.1, -0.05) is 23.7 Å². The zero-order valence-electron chi connectivity index (χ0n) is 13.4. The minimum absolute atomic E-state index is 0.0578. The fourth-order valence-electron chi connectivity index (χ4n) is 2.87. The number of para-hydroxylation sites is 2. The summed E-state index contributed by atoms with van der Waals surface area (Å²) in [7, 11) is 0. The van der Waals surface area contributed by atoms with Gasteiger partial charge < -0.3 is 9.64 Å². The van der Waals surface area contributed by atoms with Crippen LogP contribution in [0, 0.1) is 0 Å². The third-order valence-electron chi connectivity index (χ3n) is 4.02. The molecule has 1 fully saturated rings. The second-order valence-corrected chi connectivity index (χ2v) is 6.09. The standard InChI is InChI=1S/C16H13ClF3N5O/c17-12-9-13(24-5-7-26-8-6-24)23-15(22-12)25-11-4-2-1-3-10(11)21-14(25)16(18,19)20/h1-4,9H,5-8H2. The molecule has 3 heterocycles. The Bertz CT molecular complexity index is 953. The molecule has 1 saturated heterocycles. The number of benzene rings is 1. The van der Waals surface area contributed by atoms with E-state index >= 15 is 0 Å². The van der Waals surface area contributed by atoms with Gasteiger partial charge in [0.05, 0.1) is 24.2 Å². The minimum Gasteiger partial charge on any atom is -0.378 e. The first-order valence-corrected chi connectivity index (χ1v) is 8.23. The predicted octanol–water partition coefficient (Wildman–Crippen LogP) is 3.32. The van der Waals surface area contributed by atoms with Crippen LogP contribution in [0.25, 0.3) is 17.0 Å². The van der Waals surface area contributed by atoms with Crippen molar-refractivity contribution in [2.75, 3.05) is 31.2 Å². The summed E-state index contributed by atoms with van der Waals surface area (Å²) >= 11 is 6.08. The quantitative estimate of drug-likeness (QED) is 0.635. The van der Waals surface area contributed by atoms with Gasteiger partial charge in [0.1, 0.15) is 11.0 Å². The number of imidazole rings is 1. The zero-order chi connectivity index (χ0) is 18.3. The highest BCUT2D eigenvalue weighted by Gasteiger charge is 2.39. The Morgan fingerprint density at radius 3 is 2.50 bits per heavy atom. The predicted molar refractivity (Wildman–Crippen MR) is 89.7 cm³/mol. The number of hydrogen-bond donors (Lipinski definition) is 0. The fraction of sp³-hybridized carbons (Fsp3) is 0.312. The number of anilines is 1. The van der Waals surface area contributed by atoms with Crippen LogP contribution in [0.5, 0.6) is 0 Å². The number of aromatic nitrogens is 4. The molecule has 1 aliphatic rings. The van der Waals surface area contributed by atoms with Crippen molar-refractivity contribution in [3.8, 4) is 5.95 Å². The van der Waals surface area contributed by atoms with Crippen LogP contribution in [-0.2, 0) is 10.9 Å². The van der Waals surface area contributed by atoms with E-state index in [2.05, 4.69) is 15.0 Å². The summed E-state index contributed by atoms with van der Waals surface area (Å²) < 4.78 is 46.8. The highest BCUT2D eigenvalue weighted by atomic mass is 35.5. The number of halogens is 4. The van der Waals surface area contributed by atoms with Gasteiger partial charge >= 0.3 is 6.18 Å². The number of ether oxygens (including phenoxy) is 1. The van der Waals surface area contributed by atoms with Crippen molar-refractivity contribution in [3.05, 3.63) is 41.3 Å². The molecule has 136 valence electrons. The molecule has 0 amide bonds. The van der Waals surface area contributed by atoms with E-state index in [0.717, 1.165) is 4.57 Å². The van der Waals surface area contributed by atoms with Crippen LogP contribution in [0.2, 0.25) is 5.15 Å². The van der Waals surface area contributed by atoms with Gasteiger partial charge in [-0.05, 0) is 12.1 Å². The summed E-state index contributed by atoms with van der Waals surface area (Å²) in [5, 5.41) is 0.0578. The van der Waals surface area contributed by atoms with Gasteiger partial charge in [0, 0.05) is 19.2 Å². The third kappa shape index (κ3) is 3.08. The van der Waals surface area contributed by atoms with Crippen LogP contribution in [0.15, 0.2) is 30.3 Å². The van der Waals surface area contributed by atoms with Crippen LogP contribution < -0.4 is 4.90 Å². The topological polar surface area (TPSA) is 56.1 Å². The lowest BCUT2D eigenvalue weighted by molar-refractivity contribution is -0.145. The van der Waals surface area contributed by atoms with Gasteiger partial charge in [-0.2, -0.15) is 18.2 Å². The molecule has 0 spiro atoms. The lowest BCUT2D eigenvalue weighted by Gasteiger charge is -2.28. The number of nitrogens with zero attached hydrogens (tertiary/aromatic N) is 5. The monoisotopic (exact) mass is 383 g/mol. The molecule has 26 heavy (non-hydrogen) atoms. The molecule has 0 saturated carbocycles. The van der Waals surface area contributed by atoms with Crippen molar-refractivity contribution in [2.24, 2.45) is 0 Å². The minimum atomic E-state index is -4.66. The fourth-order valence-corrected chi connectivity index (χ4v) is 3.04. The molecule has 1 aliphatic heterocycles. The van der Waals surface area contributed by atoms with Crippen molar-refractivity contribution in [1.29, 1.82) is 0 Å². The van der Waals surface area contributed by atoms with E-state index in [9.17, 15) is 13.2 Å². The molecule has 4 rings (SSSR count). The summed E-state index contributed by atoms with van der Waals surface area (Å²) in [6.07, 6.45) is -4.66. The van der Waals surface area contributed by atoms with Gasteiger partial charge in [0.2, 0.25) is 11.8 Å². The average Bonchev–Trinajstić information content (AvgIpc) is 3.02. The molecule has 0 unspecified atom stereocenters. The third-order valence-corrected chi connectivity index (χ3v) is 4.21. The van der Waals surface area contributed by atoms with E-state index in [1.165, 1.54) is 18.2 Å². The number of alkyl halides is 3. The molecule has 6 nitrogen and oxygen atoms in total. The van der Waals surface area contributed by atoms with Crippen LogP contribution >= 0.6 is 11.6 Å². The SMILES string of the molecule is FC(F)(F)c1nc2ccccc2n1-c1nc(Cl)cc(N2CCOCC2)n1. The van der Waals surface area contributed by atoms with Gasteiger partial charge in [0.15, 0.2) is 0 Å². The van der Waals surface area contributed by atoms with E-state index in [1.54, 1.807) is 12.1 Å². The van der Waals surface area contributed by atoms with Gasteiger partial charge in [-0.15, -0.1) is 0 Å². The van der Waals surface area contributed by atoms with Crippen LogP contribution in [0.1, 0.15) is 5.82 Å². The van der Waals surface area contributed by atoms with Crippen molar-refractivity contribution in [2.45, 2.75) is 6.18 Å². The van der Waals surface area contributed by atoms with Crippen molar-refractivity contribution in [1.82, 2.24) is 19.5 Å². The van der Waals surface area contributed by atoms with Crippen LogP contribution in [-0.4, -0.2) is 45.8 Å². The summed E-state index contributed by atoms with van der Waals surface area (Å²) in [4.78, 5) is 13.9. The number of hydrogen-bond acceptors (Lipinski definition) is 5. The highest BCUT2D eigenvalue weighted by Crippen LogP contribution is 2.33. The van der Waals surface area contributed by atoms with Gasteiger partial charge in [-0.25, -0.2) is 9.97 Å². The Kier molecular flexibility index (Phi) is 4.20. The van der Waals surface area contributed by atoms with Crippen molar-refractivity contribution >= 4 is 28.5 Å². The summed E-state index contributed by atoms with van der Waals surface area (Å²) in [5.74, 6) is -0.803. The largest absolute Gasteiger partial charge is 0.450 e. The van der Waals surface area contributed by atoms with E-state index in [0.29, 0.717) is 32.1 Å². The lowest BCUT2D eigenvalue weighted by Crippen LogP contribution is -2.37. The molecule has 1 aromatic carbocycles. The van der Waals surface area contributed by atoms with E-state index < -0.39 is 12.0 Å². The van der Waals surface area contributed by atoms with Gasteiger partial charge in [0.25, 0.3) is 0 Å². The molecule has 0 bridgehead atoms. The molecule has 0 N–H and O–H groups in total. The van der Waals surface area contributed by atoms with Crippen LogP contribution in [0.4, 0.5) is 19.0 Å².